The van der Waals surface area contributed by atoms with Crippen molar-refractivity contribution in [1.82, 2.24) is 4.90 Å². The van der Waals surface area contributed by atoms with E-state index in [1.807, 2.05) is 33.9 Å². The van der Waals surface area contributed by atoms with E-state index in [2.05, 4.69) is 46.8 Å². The summed E-state index contributed by atoms with van der Waals surface area (Å²) in [7, 11) is 1.41. The van der Waals surface area contributed by atoms with Gasteiger partial charge < -0.3 is 14.2 Å². The molecule has 1 saturated heterocycles. The zero-order valence-corrected chi connectivity index (χ0v) is 18.4. The van der Waals surface area contributed by atoms with E-state index in [-0.39, 0.29) is 16.9 Å². The lowest BCUT2D eigenvalue weighted by Gasteiger charge is -2.32. The average Bonchev–Trinajstić information content (AvgIpc) is 3.25. The fraction of sp³-hybridized carbons (Fsp3) is 0.682. The van der Waals surface area contributed by atoms with E-state index in [4.69, 9.17) is 9.31 Å². The third kappa shape index (κ3) is 3.69. The molecule has 1 aliphatic carbocycles. The van der Waals surface area contributed by atoms with Gasteiger partial charge >= 0.3 is 7.12 Å². The summed E-state index contributed by atoms with van der Waals surface area (Å²) in [4.78, 5) is 15.0. The van der Waals surface area contributed by atoms with Crippen molar-refractivity contribution in [3.8, 4) is 0 Å². The maximum Gasteiger partial charge on any atom is 0.494 e. The fourth-order valence-electron chi connectivity index (χ4n) is 3.21. The molecule has 27 heavy (non-hydrogen) atoms. The van der Waals surface area contributed by atoms with Crippen molar-refractivity contribution in [2.24, 2.45) is 0 Å². The Morgan fingerprint density at radius 1 is 1.00 bits per heavy atom. The lowest BCUT2D eigenvalue weighted by atomic mass is 9.76. The second-order valence-electron chi connectivity index (χ2n) is 10.5. The number of hydrogen-bond acceptors (Lipinski definition) is 3. The summed E-state index contributed by atoms with van der Waals surface area (Å²) in [5, 5.41) is 0. The topological polar surface area (TPSA) is 38.8 Å². The molecule has 1 aromatic rings. The van der Waals surface area contributed by atoms with Gasteiger partial charge in [-0.2, -0.15) is 0 Å². The summed E-state index contributed by atoms with van der Waals surface area (Å²) in [5.41, 5.74) is 1.98. The van der Waals surface area contributed by atoms with Gasteiger partial charge in [0.25, 0.3) is 5.91 Å². The highest BCUT2D eigenvalue weighted by Crippen LogP contribution is 2.47. The molecular formula is C22H34BNO3. The Morgan fingerprint density at radius 3 is 1.96 bits per heavy atom. The van der Waals surface area contributed by atoms with Gasteiger partial charge in [-0.1, -0.05) is 13.0 Å². The zero-order chi connectivity index (χ0) is 20.4. The third-order valence-corrected chi connectivity index (χ3v) is 6.74. The summed E-state index contributed by atoms with van der Waals surface area (Å²) in [6.07, 6.45) is 2.31. The predicted octanol–water partition coefficient (Wildman–Crippen LogP) is 3.91. The first-order valence-corrected chi connectivity index (χ1v) is 9.96. The van der Waals surface area contributed by atoms with Crippen LogP contribution in [0.5, 0.6) is 0 Å². The fourth-order valence-corrected chi connectivity index (χ4v) is 3.21. The van der Waals surface area contributed by atoms with Crippen LogP contribution in [0.2, 0.25) is 0 Å². The molecule has 1 saturated carbocycles. The Kier molecular flexibility index (Phi) is 4.60. The van der Waals surface area contributed by atoms with Gasteiger partial charge in [0, 0.05) is 18.2 Å². The van der Waals surface area contributed by atoms with Gasteiger partial charge in [-0.3, -0.25) is 4.79 Å². The second kappa shape index (κ2) is 6.08. The van der Waals surface area contributed by atoms with Crippen molar-refractivity contribution in [1.29, 1.82) is 0 Å². The SMILES string of the molecule is CN(C(=O)c1cc(B2OC(C)(C)C(C)(C)O2)cc(C2(C)CC2)c1)C(C)(C)C. The quantitative estimate of drug-likeness (QED) is 0.757. The molecule has 0 spiro atoms. The average molecular weight is 371 g/mol. The lowest BCUT2D eigenvalue weighted by Crippen LogP contribution is -2.43. The van der Waals surface area contributed by atoms with Gasteiger partial charge in [-0.15, -0.1) is 0 Å². The monoisotopic (exact) mass is 371 g/mol. The summed E-state index contributed by atoms with van der Waals surface area (Å²) in [6.45, 7) is 16.6. The van der Waals surface area contributed by atoms with Gasteiger partial charge in [-0.25, -0.2) is 0 Å². The number of benzene rings is 1. The van der Waals surface area contributed by atoms with E-state index in [9.17, 15) is 4.79 Å². The summed E-state index contributed by atoms with van der Waals surface area (Å²) >= 11 is 0. The van der Waals surface area contributed by atoms with Crippen molar-refractivity contribution in [2.45, 2.75) is 90.4 Å². The van der Waals surface area contributed by atoms with Crippen LogP contribution in [-0.2, 0) is 14.7 Å². The van der Waals surface area contributed by atoms with Crippen LogP contribution < -0.4 is 5.46 Å². The van der Waals surface area contributed by atoms with Crippen LogP contribution in [0.1, 0.15) is 84.2 Å². The minimum absolute atomic E-state index is 0.0337. The number of rotatable bonds is 3. The van der Waals surface area contributed by atoms with Crippen LogP contribution in [0.15, 0.2) is 18.2 Å². The van der Waals surface area contributed by atoms with Gasteiger partial charge in [0.15, 0.2) is 0 Å². The maximum atomic E-state index is 13.2. The minimum atomic E-state index is -0.455. The highest BCUT2D eigenvalue weighted by molar-refractivity contribution is 6.62. The Bertz CT molecular complexity index is 743. The Hall–Kier alpha value is -1.33. The molecule has 1 aromatic carbocycles. The van der Waals surface area contributed by atoms with Crippen molar-refractivity contribution in [2.75, 3.05) is 7.05 Å². The number of carbonyl (C=O) groups excluding carboxylic acids is 1. The smallest absolute Gasteiger partial charge is 0.399 e. The third-order valence-electron chi connectivity index (χ3n) is 6.74. The van der Waals surface area contributed by atoms with E-state index < -0.39 is 18.3 Å². The molecule has 1 aliphatic heterocycles. The molecule has 1 amide bonds. The van der Waals surface area contributed by atoms with Crippen LogP contribution in [0.3, 0.4) is 0 Å². The molecule has 0 unspecified atom stereocenters. The van der Waals surface area contributed by atoms with E-state index in [0.29, 0.717) is 5.56 Å². The maximum absolute atomic E-state index is 13.2. The molecule has 1 heterocycles. The number of amides is 1. The molecule has 5 heteroatoms. The molecule has 148 valence electrons. The van der Waals surface area contributed by atoms with Crippen molar-refractivity contribution >= 4 is 18.5 Å². The van der Waals surface area contributed by atoms with Crippen LogP contribution in [0.4, 0.5) is 0 Å². The van der Waals surface area contributed by atoms with Crippen LogP contribution in [-0.4, -0.2) is 41.7 Å². The number of carbonyl (C=O) groups is 1. The summed E-state index contributed by atoms with van der Waals surface area (Å²) < 4.78 is 12.5. The Labute approximate surface area is 164 Å². The molecule has 2 fully saturated rings. The van der Waals surface area contributed by atoms with Gasteiger partial charge in [-0.05, 0) is 89.9 Å². The zero-order valence-electron chi connectivity index (χ0n) is 18.4. The molecular weight excluding hydrogens is 337 g/mol. The molecule has 0 N–H and O–H groups in total. The summed E-state index contributed by atoms with van der Waals surface area (Å²) in [5.74, 6) is 0.0337. The second-order valence-corrected chi connectivity index (χ2v) is 10.5. The van der Waals surface area contributed by atoms with Crippen molar-refractivity contribution in [3.63, 3.8) is 0 Å². The molecule has 0 aromatic heterocycles. The van der Waals surface area contributed by atoms with Crippen LogP contribution in [0, 0.1) is 0 Å². The van der Waals surface area contributed by atoms with E-state index in [1.165, 1.54) is 5.56 Å². The molecule has 4 nitrogen and oxygen atoms in total. The molecule has 3 rings (SSSR count). The predicted molar refractivity (Wildman–Crippen MR) is 111 cm³/mol. The first kappa shape index (κ1) is 20.4. The van der Waals surface area contributed by atoms with Crippen LogP contribution >= 0.6 is 0 Å². The van der Waals surface area contributed by atoms with E-state index >= 15 is 0 Å². The normalized spacial score (nSPS) is 22.6. The van der Waals surface area contributed by atoms with Crippen molar-refractivity contribution in [3.05, 3.63) is 29.3 Å². The largest absolute Gasteiger partial charge is 0.494 e. The standard InChI is InChI=1S/C22H34BNO3/c1-19(2,3)24(9)18(25)15-12-16(22(8)10-11-22)14-17(13-15)23-26-20(4,5)21(6,7)27-23/h12-14H,10-11H2,1-9H3. The summed E-state index contributed by atoms with van der Waals surface area (Å²) in [6, 6.07) is 6.18. The molecule has 0 radical (unpaired) electrons. The lowest BCUT2D eigenvalue weighted by molar-refractivity contribution is 0.00578. The first-order valence-electron chi connectivity index (χ1n) is 9.96. The number of hydrogen-bond donors (Lipinski definition) is 0. The molecule has 0 atom stereocenters. The van der Waals surface area contributed by atoms with E-state index in [1.54, 1.807) is 4.90 Å². The van der Waals surface area contributed by atoms with Gasteiger partial charge in [0.05, 0.1) is 11.2 Å². The van der Waals surface area contributed by atoms with Gasteiger partial charge in [0.1, 0.15) is 0 Å². The highest BCUT2D eigenvalue weighted by Gasteiger charge is 2.52. The van der Waals surface area contributed by atoms with Gasteiger partial charge in [0.2, 0.25) is 0 Å². The minimum Gasteiger partial charge on any atom is -0.399 e. The van der Waals surface area contributed by atoms with Crippen molar-refractivity contribution < 1.29 is 14.1 Å². The molecule has 2 aliphatic rings. The highest BCUT2D eigenvalue weighted by atomic mass is 16.7. The Morgan fingerprint density at radius 2 is 1.52 bits per heavy atom. The number of nitrogens with zero attached hydrogens (tertiary/aromatic N) is 1. The van der Waals surface area contributed by atoms with Crippen LogP contribution in [0.25, 0.3) is 0 Å². The molecule has 0 bridgehead atoms. The van der Waals surface area contributed by atoms with E-state index in [0.717, 1.165) is 18.3 Å². The first-order chi connectivity index (χ1) is 12.2. The Balaban J connectivity index is 2.02.